The summed E-state index contributed by atoms with van der Waals surface area (Å²) in [5, 5.41) is 13.5. The lowest BCUT2D eigenvalue weighted by Gasteiger charge is -2.34. The fourth-order valence-corrected chi connectivity index (χ4v) is 4.99. The normalized spacial score (nSPS) is 16.0. The van der Waals surface area contributed by atoms with Crippen LogP contribution in [0.5, 0.6) is 0 Å². The number of hydrogen-bond donors (Lipinski definition) is 4. The number of nitrogens with one attached hydrogen (secondary N) is 2. The minimum atomic E-state index is -5.08. The van der Waals surface area contributed by atoms with Gasteiger partial charge in [0, 0.05) is 61.6 Å². The van der Waals surface area contributed by atoms with Crippen molar-refractivity contribution in [3.8, 4) is 0 Å². The van der Waals surface area contributed by atoms with Crippen molar-refractivity contribution in [2.75, 3.05) is 57.7 Å². The maximum Gasteiger partial charge on any atom is 0.490 e. The smallest absolute Gasteiger partial charge is 0.475 e. The fraction of sp³-hybridized carbons (Fsp3) is 0.484. The number of piperazine rings is 1. The zero-order valence-electron chi connectivity index (χ0n) is 25.0. The van der Waals surface area contributed by atoms with Gasteiger partial charge in [-0.25, -0.2) is 4.79 Å². The Morgan fingerprint density at radius 3 is 1.89 bits per heavy atom. The van der Waals surface area contributed by atoms with E-state index in [1.165, 1.54) is 0 Å². The molecule has 1 heterocycles. The summed E-state index contributed by atoms with van der Waals surface area (Å²) in [6.45, 7) is 11.4. The topological polar surface area (TPSA) is 145 Å². The van der Waals surface area contributed by atoms with Crippen LogP contribution in [-0.2, 0) is 9.59 Å². The highest BCUT2D eigenvalue weighted by atomic mass is 19.4. The number of anilines is 1. The van der Waals surface area contributed by atoms with Gasteiger partial charge in [0.2, 0.25) is 5.91 Å². The summed E-state index contributed by atoms with van der Waals surface area (Å²) >= 11 is 0. The van der Waals surface area contributed by atoms with Crippen LogP contribution in [0.2, 0.25) is 0 Å². The summed E-state index contributed by atoms with van der Waals surface area (Å²) in [6.07, 6.45) is -3.21. The maximum absolute atomic E-state index is 13.1. The molecule has 10 nitrogen and oxygen atoms in total. The molecule has 0 unspecified atom stereocenters. The first-order chi connectivity index (χ1) is 20.8. The summed E-state index contributed by atoms with van der Waals surface area (Å²) in [4.78, 5) is 51.8. The van der Waals surface area contributed by atoms with Crippen LogP contribution in [-0.4, -0.2) is 103 Å². The summed E-state index contributed by atoms with van der Waals surface area (Å²) < 4.78 is 31.7. The molecular formula is C31H40F3N5O5. The van der Waals surface area contributed by atoms with Gasteiger partial charge in [-0.1, -0.05) is 50.2 Å². The quantitative estimate of drug-likeness (QED) is 0.238. The standard InChI is InChI=1S/C29H39N5O3.C2HF3O2/c1-20(2)26(30)29(37)32-13-7-15-34-18-16-33(17-19-34)14-6-12-31-24-11-5-10-23-25(24)28(36)22-9-4-3-8-21(22)27(23)35;3-2(4,5)1(6)7/h3-5,8-11,20,26,31H,6-7,12-19,30H2,1-2H3,(H,32,37);(H,6,7)/t26-;/m0./s1. The van der Waals surface area contributed by atoms with E-state index in [-0.39, 0.29) is 23.4 Å². The number of nitrogens with two attached hydrogens (primary N) is 1. The van der Waals surface area contributed by atoms with Gasteiger partial charge >= 0.3 is 12.1 Å². The van der Waals surface area contributed by atoms with Gasteiger partial charge in [-0.3, -0.25) is 14.4 Å². The number of amides is 1. The fourth-order valence-electron chi connectivity index (χ4n) is 4.99. The molecule has 0 spiro atoms. The van der Waals surface area contributed by atoms with E-state index >= 15 is 0 Å². The van der Waals surface area contributed by atoms with Gasteiger partial charge in [0.15, 0.2) is 11.6 Å². The molecule has 2 aromatic rings. The predicted molar refractivity (Wildman–Crippen MR) is 160 cm³/mol. The number of carbonyl (C=O) groups is 4. The molecule has 1 atom stereocenters. The Morgan fingerprint density at radius 2 is 1.36 bits per heavy atom. The van der Waals surface area contributed by atoms with Crippen molar-refractivity contribution in [2.24, 2.45) is 11.7 Å². The molecule has 44 heavy (non-hydrogen) atoms. The average molecular weight is 620 g/mol. The molecule has 240 valence electrons. The summed E-state index contributed by atoms with van der Waals surface area (Å²) in [5.41, 5.74) is 8.54. The van der Waals surface area contributed by atoms with E-state index in [4.69, 9.17) is 15.6 Å². The van der Waals surface area contributed by atoms with Crippen LogP contribution >= 0.6 is 0 Å². The molecule has 13 heteroatoms. The molecule has 0 saturated carbocycles. The molecule has 1 fully saturated rings. The third-order valence-electron chi connectivity index (χ3n) is 7.60. The third kappa shape index (κ3) is 9.34. The van der Waals surface area contributed by atoms with E-state index in [1.54, 1.807) is 30.3 Å². The van der Waals surface area contributed by atoms with Crippen molar-refractivity contribution in [3.05, 3.63) is 64.7 Å². The van der Waals surface area contributed by atoms with Crippen molar-refractivity contribution in [1.29, 1.82) is 0 Å². The van der Waals surface area contributed by atoms with E-state index in [2.05, 4.69) is 20.4 Å². The van der Waals surface area contributed by atoms with E-state index in [1.807, 2.05) is 26.0 Å². The minimum absolute atomic E-state index is 0.0646. The van der Waals surface area contributed by atoms with E-state index in [0.717, 1.165) is 64.3 Å². The van der Waals surface area contributed by atoms with Crippen molar-refractivity contribution in [1.82, 2.24) is 15.1 Å². The Labute approximate surface area is 254 Å². The zero-order valence-corrected chi connectivity index (χ0v) is 25.0. The monoisotopic (exact) mass is 619 g/mol. The van der Waals surface area contributed by atoms with E-state index in [9.17, 15) is 27.6 Å². The number of rotatable bonds is 11. The molecule has 2 aromatic carbocycles. The molecule has 5 N–H and O–H groups in total. The van der Waals surface area contributed by atoms with Crippen molar-refractivity contribution in [3.63, 3.8) is 0 Å². The Hall–Kier alpha value is -3.81. The molecule has 1 saturated heterocycles. The number of halogens is 3. The number of carboxylic acids is 1. The van der Waals surface area contributed by atoms with Crippen LogP contribution in [0.15, 0.2) is 42.5 Å². The second kappa shape index (κ2) is 15.8. The van der Waals surface area contributed by atoms with Crippen LogP contribution in [0.3, 0.4) is 0 Å². The number of alkyl halides is 3. The summed E-state index contributed by atoms with van der Waals surface area (Å²) in [7, 11) is 0. The highest BCUT2D eigenvalue weighted by molar-refractivity contribution is 6.30. The van der Waals surface area contributed by atoms with Gasteiger partial charge in [-0.2, -0.15) is 13.2 Å². The molecule has 4 rings (SSSR count). The van der Waals surface area contributed by atoms with Gasteiger partial charge in [-0.15, -0.1) is 0 Å². The first kappa shape index (κ1) is 34.7. The van der Waals surface area contributed by atoms with Crippen molar-refractivity contribution < 1.29 is 37.5 Å². The van der Waals surface area contributed by atoms with Gasteiger partial charge in [0.05, 0.1) is 11.6 Å². The average Bonchev–Trinajstić information content (AvgIpc) is 3.00. The number of ketones is 2. The molecule has 1 aliphatic carbocycles. The maximum atomic E-state index is 13.1. The van der Waals surface area contributed by atoms with E-state index in [0.29, 0.717) is 28.8 Å². The molecule has 0 radical (unpaired) electrons. The second-order valence-corrected chi connectivity index (χ2v) is 11.1. The molecule has 1 amide bonds. The summed E-state index contributed by atoms with van der Waals surface area (Å²) in [6, 6.07) is 12.1. The van der Waals surface area contributed by atoms with Gasteiger partial charge in [0.25, 0.3) is 0 Å². The van der Waals surface area contributed by atoms with Crippen LogP contribution in [0.4, 0.5) is 18.9 Å². The Bertz CT molecular complexity index is 1330. The second-order valence-electron chi connectivity index (χ2n) is 11.1. The number of aliphatic carboxylic acids is 1. The number of carboxylic acid groups (broad SMARTS) is 1. The van der Waals surface area contributed by atoms with Gasteiger partial charge in [0.1, 0.15) is 0 Å². The molecule has 1 aliphatic heterocycles. The third-order valence-corrected chi connectivity index (χ3v) is 7.60. The number of benzene rings is 2. The highest BCUT2D eigenvalue weighted by Crippen LogP contribution is 2.31. The minimum Gasteiger partial charge on any atom is -0.475 e. The lowest BCUT2D eigenvalue weighted by atomic mass is 9.83. The van der Waals surface area contributed by atoms with Crippen LogP contribution in [0.1, 0.15) is 58.5 Å². The van der Waals surface area contributed by atoms with Gasteiger partial charge < -0.3 is 31.3 Å². The zero-order chi connectivity index (χ0) is 32.4. The number of fused-ring (bicyclic) bond motifs is 2. The first-order valence-electron chi connectivity index (χ1n) is 14.6. The number of carbonyl (C=O) groups excluding carboxylic acids is 3. The van der Waals surface area contributed by atoms with Crippen LogP contribution in [0, 0.1) is 5.92 Å². The lowest BCUT2D eigenvalue weighted by molar-refractivity contribution is -0.192. The predicted octanol–water partition coefficient (Wildman–Crippen LogP) is 3.00. The lowest BCUT2D eigenvalue weighted by Crippen LogP contribution is -2.48. The Kier molecular flexibility index (Phi) is 12.4. The highest BCUT2D eigenvalue weighted by Gasteiger charge is 2.38. The molecular weight excluding hydrogens is 579 g/mol. The molecule has 0 bridgehead atoms. The largest absolute Gasteiger partial charge is 0.490 e. The Balaban J connectivity index is 0.000000676. The Morgan fingerprint density at radius 1 is 0.864 bits per heavy atom. The van der Waals surface area contributed by atoms with Crippen molar-refractivity contribution in [2.45, 2.75) is 38.9 Å². The van der Waals surface area contributed by atoms with Crippen LogP contribution < -0.4 is 16.4 Å². The molecule has 0 aromatic heterocycles. The van der Waals surface area contributed by atoms with Gasteiger partial charge in [-0.05, 0) is 37.9 Å². The number of nitrogens with zero attached hydrogens (tertiary/aromatic N) is 2. The van der Waals surface area contributed by atoms with Crippen molar-refractivity contribution >= 4 is 29.1 Å². The summed E-state index contributed by atoms with van der Waals surface area (Å²) in [5.74, 6) is -2.86. The number of hydrogen-bond acceptors (Lipinski definition) is 8. The van der Waals surface area contributed by atoms with E-state index < -0.39 is 18.2 Å². The first-order valence-corrected chi connectivity index (χ1v) is 14.6. The SMILES string of the molecule is CC(C)[C@H](N)C(=O)NCCCN1CCN(CCCNc2cccc3c2C(=O)c2ccccc2C3=O)CC1.O=C(O)C(F)(F)F. The van der Waals surface area contributed by atoms with Crippen LogP contribution in [0.25, 0.3) is 0 Å². The molecule has 2 aliphatic rings.